The minimum atomic E-state index is -3.39. The molecule has 0 aromatic carbocycles. The molecule has 0 radical (unpaired) electrons. The van der Waals surface area contributed by atoms with Crippen LogP contribution in [0.3, 0.4) is 0 Å². The van der Waals surface area contributed by atoms with Crippen molar-refractivity contribution >= 4 is 27.3 Å². The number of thiophene rings is 1. The second-order valence-electron chi connectivity index (χ2n) is 7.15. The molecule has 1 N–H and O–H groups in total. The summed E-state index contributed by atoms with van der Waals surface area (Å²) < 4.78 is 27.1. The molecule has 1 fully saturated rings. The third kappa shape index (κ3) is 4.42. The Kier molecular flexibility index (Phi) is 6.64. The van der Waals surface area contributed by atoms with E-state index < -0.39 is 10.0 Å². The molecule has 2 heterocycles. The van der Waals surface area contributed by atoms with E-state index in [0.29, 0.717) is 30.4 Å². The summed E-state index contributed by atoms with van der Waals surface area (Å²) in [5, 5.41) is 1.78. The van der Waals surface area contributed by atoms with Gasteiger partial charge in [0.25, 0.3) is 15.9 Å². The van der Waals surface area contributed by atoms with Crippen molar-refractivity contribution in [1.82, 2.24) is 9.21 Å². The van der Waals surface area contributed by atoms with Crippen molar-refractivity contribution in [2.24, 2.45) is 0 Å². The van der Waals surface area contributed by atoms with E-state index in [1.54, 1.807) is 21.8 Å². The van der Waals surface area contributed by atoms with Crippen LogP contribution in [0, 0.1) is 0 Å². The predicted octanol–water partition coefficient (Wildman–Crippen LogP) is 0.671. The van der Waals surface area contributed by atoms with E-state index >= 15 is 0 Å². The fourth-order valence-corrected chi connectivity index (χ4v) is 6.07. The Balaban J connectivity index is 2.01. The van der Waals surface area contributed by atoms with Crippen molar-refractivity contribution in [3.8, 4) is 0 Å². The summed E-state index contributed by atoms with van der Waals surface area (Å²) in [5.74, 6) is 0.148. The Morgan fingerprint density at radius 3 is 2.16 bits per heavy atom. The van der Waals surface area contributed by atoms with Crippen molar-refractivity contribution in [2.75, 3.05) is 26.2 Å². The molecular weight excluding hydrogens is 358 g/mol. The smallest absolute Gasteiger partial charge is 0.281 e. The van der Waals surface area contributed by atoms with Gasteiger partial charge in [0, 0.05) is 12.1 Å². The lowest BCUT2D eigenvalue weighted by Crippen LogP contribution is -3.19. The first-order valence-corrected chi connectivity index (χ1v) is 11.2. The highest BCUT2D eigenvalue weighted by Gasteiger charge is 2.37. The molecule has 1 saturated heterocycles. The molecule has 2 rings (SSSR count). The molecule has 1 aromatic rings. The topological polar surface area (TPSA) is 62.1 Å². The second-order valence-corrected chi connectivity index (χ2v) is 10.3. The Morgan fingerprint density at radius 1 is 1.16 bits per heavy atom. The summed E-state index contributed by atoms with van der Waals surface area (Å²) in [5.41, 5.74) is 0. The van der Waals surface area contributed by atoms with Crippen LogP contribution in [-0.2, 0) is 14.8 Å². The quantitative estimate of drug-likeness (QED) is 0.779. The second kappa shape index (κ2) is 8.16. The Morgan fingerprint density at radius 2 is 1.72 bits per heavy atom. The van der Waals surface area contributed by atoms with Gasteiger partial charge in [0.15, 0.2) is 6.04 Å². The number of quaternary nitrogens is 1. The van der Waals surface area contributed by atoms with Crippen molar-refractivity contribution in [2.45, 2.75) is 57.0 Å². The maximum absolute atomic E-state index is 12.9. The molecule has 6 nitrogen and oxygen atoms in total. The number of hydrogen-bond acceptors (Lipinski definition) is 4. The molecular formula is C17H30N3O3S2+. The molecule has 8 heteroatoms. The molecule has 1 amide bonds. The molecule has 0 spiro atoms. The summed E-state index contributed by atoms with van der Waals surface area (Å²) in [6, 6.07) is 3.57. The van der Waals surface area contributed by atoms with Gasteiger partial charge in [-0.15, -0.1) is 11.3 Å². The number of carbonyl (C=O) groups is 1. The summed E-state index contributed by atoms with van der Waals surface area (Å²) in [7, 11) is -3.39. The highest BCUT2D eigenvalue weighted by atomic mass is 32.2. The van der Waals surface area contributed by atoms with Gasteiger partial charge in [-0.25, -0.2) is 8.42 Å². The lowest BCUT2D eigenvalue weighted by atomic mass is 10.1. The Labute approximate surface area is 155 Å². The number of piperazine rings is 1. The molecule has 0 saturated carbocycles. The molecule has 1 aliphatic heterocycles. The van der Waals surface area contributed by atoms with Crippen LogP contribution in [-0.4, -0.2) is 67.8 Å². The number of hydrogen-bond donors (Lipinski definition) is 1. The minimum Gasteiger partial charge on any atom is -0.333 e. The molecule has 1 aliphatic rings. The first-order valence-electron chi connectivity index (χ1n) is 8.86. The first-order chi connectivity index (χ1) is 11.7. The van der Waals surface area contributed by atoms with Crippen molar-refractivity contribution in [3.63, 3.8) is 0 Å². The molecule has 25 heavy (non-hydrogen) atoms. The van der Waals surface area contributed by atoms with Crippen LogP contribution in [0.4, 0.5) is 0 Å². The largest absolute Gasteiger partial charge is 0.333 e. The monoisotopic (exact) mass is 388 g/mol. The Bertz CT molecular complexity index is 655. The van der Waals surface area contributed by atoms with Crippen LogP contribution in [0.1, 0.15) is 34.6 Å². The number of carbonyl (C=O) groups excluding carboxylic acids is 1. The van der Waals surface area contributed by atoms with Gasteiger partial charge >= 0.3 is 0 Å². The maximum atomic E-state index is 12.9. The normalized spacial score (nSPS) is 18.7. The average molecular weight is 389 g/mol. The third-order valence-corrected chi connectivity index (χ3v) is 8.08. The fraction of sp³-hybridized carbons (Fsp3) is 0.706. The maximum Gasteiger partial charge on any atom is 0.281 e. The van der Waals surface area contributed by atoms with Crippen LogP contribution < -0.4 is 4.90 Å². The van der Waals surface area contributed by atoms with E-state index in [2.05, 4.69) is 0 Å². The van der Waals surface area contributed by atoms with Crippen LogP contribution >= 0.6 is 11.3 Å². The van der Waals surface area contributed by atoms with Crippen molar-refractivity contribution < 1.29 is 18.1 Å². The SMILES string of the molecule is CC(C)N(C(=O)[C@@H](C)[NH+]1CCN(S(=O)(=O)c2cccs2)CC1)C(C)C. The van der Waals surface area contributed by atoms with Gasteiger partial charge in [-0.05, 0) is 46.1 Å². The fourth-order valence-electron chi connectivity index (χ4n) is 3.49. The molecule has 142 valence electrons. The van der Waals surface area contributed by atoms with Crippen LogP contribution in [0.25, 0.3) is 0 Å². The summed E-state index contributed by atoms with van der Waals surface area (Å²) in [4.78, 5) is 15.9. The van der Waals surface area contributed by atoms with E-state index in [0.717, 1.165) is 4.90 Å². The van der Waals surface area contributed by atoms with Gasteiger partial charge in [-0.2, -0.15) is 4.31 Å². The number of rotatable bonds is 6. The summed E-state index contributed by atoms with van der Waals surface area (Å²) >= 11 is 1.25. The van der Waals surface area contributed by atoms with E-state index in [9.17, 15) is 13.2 Å². The lowest BCUT2D eigenvalue weighted by molar-refractivity contribution is -0.918. The van der Waals surface area contributed by atoms with Crippen molar-refractivity contribution in [1.29, 1.82) is 0 Å². The van der Waals surface area contributed by atoms with Crippen LogP contribution in [0.5, 0.6) is 0 Å². The van der Waals surface area contributed by atoms with Gasteiger partial charge in [0.05, 0.1) is 26.2 Å². The number of nitrogens with one attached hydrogen (secondary N) is 1. The zero-order valence-corrected chi connectivity index (χ0v) is 17.4. The summed E-state index contributed by atoms with van der Waals surface area (Å²) in [6.45, 7) is 12.3. The molecule has 0 bridgehead atoms. The first kappa shape index (κ1) is 20.4. The van der Waals surface area contributed by atoms with Crippen LogP contribution in [0.15, 0.2) is 21.7 Å². The summed E-state index contributed by atoms with van der Waals surface area (Å²) in [6.07, 6.45) is 0. The van der Waals surface area contributed by atoms with Gasteiger partial charge < -0.3 is 9.80 Å². The number of amides is 1. The number of sulfonamides is 1. The molecule has 1 atom stereocenters. The Hall–Kier alpha value is -0.960. The van der Waals surface area contributed by atoms with Gasteiger partial charge in [-0.1, -0.05) is 6.07 Å². The van der Waals surface area contributed by atoms with Gasteiger partial charge in [-0.3, -0.25) is 4.79 Å². The molecule has 0 unspecified atom stereocenters. The lowest BCUT2D eigenvalue weighted by Gasteiger charge is -2.38. The van der Waals surface area contributed by atoms with E-state index in [4.69, 9.17) is 0 Å². The highest BCUT2D eigenvalue weighted by molar-refractivity contribution is 7.91. The third-order valence-electron chi connectivity index (χ3n) is 4.80. The van der Waals surface area contributed by atoms with E-state index in [-0.39, 0.29) is 24.0 Å². The average Bonchev–Trinajstić information content (AvgIpc) is 3.08. The van der Waals surface area contributed by atoms with Gasteiger partial charge in [0.2, 0.25) is 0 Å². The standard InChI is InChI=1S/C17H29N3O3S2/c1-13(2)20(14(3)4)17(21)15(5)18-8-10-19(11-9-18)25(22,23)16-7-6-12-24-16/h6-7,12-15H,8-11H2,1-5H3/p+1/t15-/m1/s1. The molecule has 1 aromatic heterocycles. The van der Waals surface area contributed by atoms with E-state index in [1.165, 1.54) is 11.3 Å². The predicted molar refractivity (Wildman–Crippen MR) is 100 cm³/mol. The number of nitrogens with zero attached hydrogens (tertiary/aromatic N) is 2. The zero-order chi connectivity index (χ0) is 18.8. The van der Waals surface area contributed by atoms with E-state index in [1.807, 2.05) is 39.5 Å². The van der Waals surface area contributed by atoms with Crippen LogP contribution in [0.2, 0.25) is 0 Å². The molecule has 0 aliphatic carbocycles. The minimum absolute atomic E-state index is 0.148. The van der Waals surface area contributed by atoms with Crippen molar-refractivity contribution in [3.05, 3.63) is 17.5 Å². The van der Waals surface area contributed by atoms with Gasteiger partial charge in [0.1, 0.15) is 4.21 Å². The zero-order valence-electron chi connectivity index (χ0n) is 15.7. The highest BCUT2D eigenvalue weighted by Crippen LogP contribution is 2.20.